The molecule has 0 saturated carbocycles. The zero-order valence-electron chi connectivity index (χ0n) is 10.6. The smallest absolute Gasteiger partial charge is 0.264 e. The standard InChI is InChI=1S/C13H11Cl2N3O2/c1-8-5-11(15)17-13(16-8)18-12(19)7-20-10-4-2-3-9(14)6-10/h2-6H,7H2,1H3,(H,16,17,18,19). The van der Waals surface area contributed by atoms with E-state index in [1.54, 1.807) is 37.3 Å². The topological polar surface area (TPSA) is 64.1 Å². The number of carbonyl (C=O) groups excluding carboxylic acids is 1. The van der Waals surface area contributed by atoms with Gasteiger partial charge in [-0.3, -0.25) is 10.1 Å². The SMILES string of the molecule is Cc1cc(Cl)nc(NC(=O)COc2cccc(Cl)c2)n1. The summed E-state index contributed by atoms with van der Waals surface area (Å²) in [6.07, 6.45) is 0. The Morgan fingerprint density at radius 3 is 2.80 bits per heavy atom. The van der Waals surface area contributed by atoms with Gasteiger partial charge in [0.2, 0.25) is 5.95 Å². The van der Waals surface area contributed by atoms with Gasteiger partial charge in [0.1, 0.15) is 10.9 Å². The molecule has 1 N–H and O–H groups in total. The van der Waals surface area contributed by atoms with E-state index < -0.39 is 0 Å². The zero-order valence-corrected chi connectivity index (χ0v) is 12.1. The van der Waals surface area contributed by atoms with Crippen LogP contribution in [0.1, 0.15) is 5.69 Å². The van der Waals surface area contributed by atoms with Crippen LogP contribution in [-0.2, 0) is 4.79 Å². The summed E-state index contributed by atoms with van der Waals surface area (Å²) in [6, 6.07) is 8.38. The molecule has 0 spiro atoms. The molecule has 0 aliphatic carbocycles. The molecule has 7 heteroatoms. The molecular weight excluding hydrogens is 301 g/mol. The first-order valence-electron chi connectivity index (χ1n) is 5.72. The number of benzene rings is 1. The van der Waals surface area contributed by atoms with Crippen LogP contribution in [-0.4, -0.2) is 22.5 Å². The molecule has 0 aliphatic rings. The first kappa shape index (κ1) is 14.6. The lowest BCUT2D eigenvalue weighted by Crippen LogP contribution is -2.21. The van der Waals surface area contributed by atoms with Crippen molar-refractivity contribution in [1.29, 1.82) is 0 Å². The molecule has 2 rings (SSSR count). The molecule has 0 radical (unpaired) electrons. The Morgan fingerprint density at radius 1 is 1.30 bits per heavy atom. The highest BCUT2D eigenvalue weighted by Gasteiger charge is 2.07. The maximum absolute atomic E-state index is 11.7. The van der Waals surface area contributed by atoms with E-state index in [1.807, 2.05) is 0 Å². The van der Waals surface area contributed by atoms with E-state index in [1.165, 1.54) is 0 Å². The van der Waals surface area contributed by atoms with E-state index in [-0.39, 0.29) is 23.6 Å². The van der Waals surface area contributed by atoms with Gasteiger partial charge in [-0.05, 0) is 31.2 Å². The number of nitrogens with zero attached hydrogens (tertiary/aromatic N) is 2. The van der Waals surface area contributed by atoms with Crippen LogP contribution in [0.3, 0.4) is 0 Å². The number of halogens is 2. The summed E-state index contributed by atoms with van der Waals surface area (Å²) in [5.74, 6) is 0.275. The second-order valence-electron chi connectivity index (χ2n) is 3.95. The van der Waals surface area contributed by atoms with Crippen molar-refractivity contribution < 1.29 is 9.53 Å². The van der Waals surface area contributed by atoms with Crippen molar-refractivity contribution >= 4 is 35.1 Å². The van der Waals surface area contributed by atoms with Crippen molar-refractivity contribution in [1.82, 2.24) is 9.97 Å². The Hall–Kier alpha value is -1.85. The minimum Gasteiger partial charge on any atom is -0.484 e. The highest BCUT2D eigenvalue weighted by molar-refractivity contribution is 6.30. The fraction of sp³-hybridized carbons (Fsp3) is 0.154. The van der Waals surface area contributed by atoms with Crippen LogP contribution in [0.2, 0.25) is 10.2 Å². The summed E-state index contributed by atoms with van der Waals surface area (Å²) in [4.78, 5) is 19.6. The number of aromatic nitrogens is 2. The number of carbonyl (C=O) groups is 1. The molecule has 0 aliphatic heterocycles. The molecular formula is C13H11Cl2N3O2. The van der Waals surface area contributed by atoms with Gasteiger partial charge in [-0.1, -0.05) is 29.3 Å². The normalized spacial score (nSPS) is 10.2. The fourth-order valence-electron chi connectivity index (χ4n) is 1.45. The van der Waals surface area contributed by atoms with E-state index in [0.717, 1.165) is 0 Å². The quantitative estimate of drug-likeness (QED) is 0.881. The van der Waals surface area contributed by atoms with Gasteiger partial charge in [-0.25, -0.2) is 9.97 Å². The molecule has 0 atom stereocenters. The van der Waals surface area contributed by atoms with E-state index in [2.05, 4.69) is 15.3 Å². The van der Waals surface area contributed by atoms with Crippen LogP contribution < -0.4 is 10.1 Å². The summed E-state index contributed by atoms with van der Waals surface area (Å²) in [6.45, 7) is 1.58. The third kappa shape index (κ3) is 4.36. The molecule has 1 heterocycles. The van der Waals surface area contributed by atoms with Crippen molar-refractivity contribution in [3.63, 3.8) is 0 Å². The average Bonchev–Trinajstić information content (AvgIpc) is 2.35. The van der Waals surface area contributed by atoms with Crippen LogP contribution in [0, 0.1) is 6.92 Å². The van der Waals surface area contributed by atoms with Gasteiger partial charge in [-0.2, -0.15) is 0 Å². The second kappa shape index (κ2) is 6.54. The summed E-state index contributed by atoms with van der Waals surface area (Å²) in [7, 11) is 0. The molecule has 20 heavy (non-hydrogen) atoms. The predicted octanol–water partition coefficient (Wildman–Crippen LogP) is 3.11. The number of nitrogens with one attached hydrogen (secondary N) is 1. The number of hydrogen-bond acceptors (Lipinski definition) is 4. The van der Waals surface area contributed by atoms with Crippen LogP contribution in [0.4, 0.5) is 5.95 Å². The van der Waals surface area contributed by atoms with Crippen molar-refractivity contribution in [3.8, 4) is 5.75 Å². The lowest BCUT2D eigenvalue weighted by molar-refractivity contribution is -0.118. The van der Waals surface area contributed by atoms with Crippen LogP contribution >= 0.6 is 23.2 Å². The average molecular weight is 312 g/mol. The summed E-state index contributed by atoms with van der Waals surface area (Å²) in [5, 5.41) is 3.31. The van der Waals surface area contributed by atoms with Crippen molar-refractivity contribution in [2.24, 2.45) is 0 Å². The van der Waals surface area contributed by atoms with E-state index in [9.17, 15) is 4.79 Å². The van der Waals surface area contributed by atoms with Crippen molar-refractivity contribution in [3.05, 3.63) is 46.2 Å². The Labute approximate surface area is 125 Å². The van der Waals surface area contributed by atoms with Crippen LogP contribution in [0.25, 0.3) is 0 Å². The number of hydrogen-bond donors (Lipinski definition) is 1. The Kier molecular flexibility index (Phi) is 4.76. The predicted molar refractivity (Wildman–Crippen MR) is 77.4 cm³/mol. The Bertz CT molecular complexity index is 615. The highest BCUT2D eigenvalue weighted by Crippen LogP contribution is 2.17. The Balaban J connectivity index is 1.92. The van der Waals surface area contributed by atoms with Gasteiger partial charge < -0.3 is 4.74 Å². The fourth-order valence-corrected chi connectivity index (χ4v) is 1.87. The van der Waals surface area contributed by atoms with Gasteiger partial charge >= 0.3 is 0 Å². The lowest BCUT2D eigenvalue weighted by atomic mass is 10.3. The summed E-state index contributed by atoms with van der Waals surface area (Å²) in [5.41, 5.74) is 0.663. The second-order valence-corrected chi connectivity index (χ2v) is 4.77. The van der Waals surface area contributed by atoms with E-state index in [4.69, 9.17) is 27.9 Å². The zero-order chi connectivity index (χ0) is 14.5. The van der Waals surface area contributed by atoms with Crippen molar-refractivity contribution in [2.75, 3.05) is 11.9 Å². The molecule has 104 valence electrons. The van der Waals surface area contributed by atoms with Crippen LogP contribution in [0.15, 0.2) is 30.3 Å². The number of ether oxygens (including phenoxy) is 1. The third-order valence-electron chi connectivity index (χ3n) is 2.24. The van der Waals surface area contributed by atoms with Gasteiger partial charge in [-0.15, -0.1) is 0 Å². The number of amides is 1. The first-order valence-corrected chi connectivity index (χ1v) is 6.48. The van der Waals surface area contributed by atoms with Gasteiger partial charge in [0.25, 0.3) is 5.91 Å². The monoisotopic (exact) mass is 311 g/mol. The van der Waals surface area contributed by atoms with Crippen LogP contribution in [0.5, 0.6) is 5.75 Å². The van der Waals surface area contributed by atoms with Gasteiger partial charge in [0.15, 0.2) is 6.61 Å². The molecule has 2 aromatic rings. The lowest BCUT2D eigenvalue weighted by Gasteiger charge is -2.07. The molecule has 0 unspecified atom stereocenters. The summed E-state index contributed by atoms with van der Waals surface area (Å²) < 4.78 is 5.30. The minimum atomic E-state index is -0.383. The molecule has 1 aromatic heterocycles. The molecule has 0 bridgehead atoms. The maximum Gasteiger partial charge on any atom is 0.264 e. The molecule has 0 saturated heterocycles. The first-order chi connectivity index (χ1) is 9.52. The van der Waals surface area contributed by atoms with Gasteiger partial charge in [0.05, 0.1) is 0 Å². The van der Waals surface area contributed by atoms with E-state index in [0.29, 0.717) is 16.5 Å². The Morgan fingerprint density at radius 2 is 2.10 bits per heavy atom. The molecule has 0 fully saturated rings. The largest absolute Gasteiger partial charge is 0.484 e. The van der Waals surface area contributed by atoms with E-state index >= 15 is 0 Å². The van der Waals surface area contributed by atoms with Gasteiger partial charge in [0, 0.05) is 10.7 Å². The number of anilines is 1. The third-order valence-corrected chi connectivity index (χ3v) is 2.67. The molecule has 1 aromatic carbocycles. The minimum absolute atomic E-state index is 0.148. The summed E-state index contributed by atoms with van der Waals surface area (Å²) >= 11 is 11.6. The van der Waals surface area contributed by atoms with Crippen molar-refractivity contribution in [2.45, 2.75) is 6.92 Å². The number of rotatable bonds is 4. The molecule has 5 nitrogen and oxygen atoms in total. The number of aryl methyl sites for hydroxylation is 1. The maximum atomic E-state index is 11.7. The highest BCUT2D eigenvalue weighted by atomic mass is 35.5. The molecule has 1 amide bonds.